The van der Waals surface area contributed by atoms with Crippen LogP contribution in [0.25, 0.3) is 20.3 Å². The topological polar surface area (TPSA) is 66.9 Å². The molecule has 4 aromatic rings. The summed E-state index contributed by atoms with van der Waals surface area (Å²) in [6.45, 7) is 2.03. The Morgan fingerprint density at radius 3 is 2.92 bits per heavy atom. The highest BCUT2D eigenvalue weighted by Crippen LogP contribution is 2.26. The molecule has 1 aromatic carbocycles. The summed E-state index contributed by atoms with van der Waals surface area (Å²) in [5.41, 5.74) is 2.85. The Kier molecular flexibility index (Phi) is 4.03. The van der Waals surface area contributed by atoms with Gasteiger partial charge in [-0.05, 0) is 30.8 Å². The van der Waals surface area contributed by atoms with Gasteiger partial charge >= 0.3 is 0 Å². The van der Waals surface area contributed by atoms with E-state index < -0.39 is 0 Å². The van der Waals surface area contributed by atoms with E-state index in [1.54, 1.807) is 5.38 Å². The van der Waals surface area contributed by atoms with E-state index in [2.05, 4.69) is 10.4 Å². The van der Waals surface area contributed by atoms with Gasteiger partial charge in [-0.3, -0.25) is 15.0 Å². The van der Waals surface area contributed by atoms with Crippen molar-refractivity contribution in [3.05, 3.63) is 61.3 Å². The third kappa shape index (κ3) is 2.72. The number of fused-ring (bicyclic) bond motifs is 2. The monoisotopic (exact) mass is 387 g/mol. The summed E-state index contributed by atoms with van der Waals surface area (Å²) in [6, 6.07) is 9.50. The second-order valence-electron chi connectivity index (χ2n) is 5.47. The lowest BCUT2D eigenvalue weighted by Gasteiger charge is -2.08. The van der Waals surface area contributed by atoms with Gasteiger partial charge in [0.05, 0.1) is 10.9 Å². The number of thiophene rings is 2. The van der Waals surface area contributed by atoms with Crippen molar-refractivity contribution in [1.29, 1.82) is 0 Å². The maximum Gasteiger partial charge on any atom is 0.282 e. The van der Waals surface area contributed by atoms with Crippen molar-refractivity contribution in [2.24, 2.45) is 0 Å². The number of benzene rings is 1. The first-order valence-corrected chi connectivity index (χ1v) is 9.74. The predicted octanol–water partition coefficient (Wildman–Crippen LogP) is 4.28. The molecule has 0 atom stereocenters. The zero-order valence-corrected chi connectivity index (χ0v) is 15.6. The standard InChI is InChI=1S/C17H13N3O2S3/c1-2-9-7-11-15(25-9)18-17(23)20(16(11)22)19-14(21)12-8-24-13-6-4-3-5-10(12)13/h3-8H,2H2,1H3,(H,18,23)(H,19,21). The highest BCUT2D eigenvalue weighted by molar-refractivity contribution is 7.71. The number of amides is 1. The molecule has 2 N–H and O–H groups in total. The molecule has 0 aliphatic heterocycles. The SMILES string of the molecule is CCc1cc2c(=O)n(NC(=O)c3csc4ccccc34)c(=S)[nH]c2s1. The number of nitrogens with zero attached hydrogens (tertiary/aromatic N) is 1. The normalized spacial score (nSPS) is 11.2. The highest BCUT2D eigenvalue weighted by atomic mass is 32.1. The number of carbonyl (C=O) groups excluding carboxylic acids is 1. The number of hydrogen-bond acceptors (Lipinski definition) is 5. The quantitative estimate of drug-likeness (QED) is 0.516. The molecule has 1 amide bonds. The maximum atomic E-state index is 12.7. The van der Waals surface area contributed by atoms with Crippen LogP contribution < -0.4 is 11.0 Å². The largest absolute Gasteiger partial charge is 0.322 e. The van der Waals surface area contributed by atoms with Crippen molar-refractivity contribution in [3.8, 4) is 0 Å². The van der Waals surface area contributed by atoms with Crippen molar-refractivity contribution in [2.45, 2.75) is 13.3 Å². The fraction of sp³-hybridized carbons (Fsp3) is 0.118. The van der Waals surface area contributed by atoms with Gasteiger partial charge in [-0.2, -0.15) is 4.68 Å². The van der Waals surface area contributed by atoms with E-state index in [9.17, 15) is 9.59 Å². The molecule has 0 fully saturated rings. The molecular weight excluding hydrogens is 374 g/mol. The molecule has 4 rings (SSSR count). The van der Waals surface area contributed by atoms with Crippen LogP contribution in [0, 0.1) is 4.77 Å². The molecule has 0 aliphatic rings. The Labute approximate surface area is 155 Å². The van der Waals surface area contributed by atoms with Crippen molar-refractivity contribution in [3.63, 3.8) is 0 Å². The van der Waals surface area contributed by atoms with Crippen LogP contribution in [0.4, 0.5) is 0 Å². The van der Waals surface area contributed by atoms with E-state index in [1.165, 1.54) is 22.7 Å². The third-order valence-electron chi connectivity index (χ3n) is 3.93. The molecule has 0 unspecified atom stereocenters. The fourth-order valence-corrected chi connectivity index (χ4v) is 4.87. The van der Waals surface area contributed by atoms with Gasteiger partial charge in [0.25, 0.3) is 11.5 Å². The van der Waals surface area contributed by atoms with E-state index in [4.69, 9.17) is 12.2 Å². The van der Waals surface area contributed by atoms with Crippen LogP contribution in [0.5, 0.6) is 0 Å². The van der Waals surface area contributed by atoms with E-state index in [1.807, 2.05) is 37.3 Å². The summed E-state index contributed by atoms with van der Waals surface area (Å²) in [5, 5.41) is 3.18. The number of carbonyl (C=O) groups is 1. The second kappa shape index (κ2) is 6.21. The molecule has 3 aromatic heterocycles. The lowest BCUT2D eigenvalue weighted by atomic mass is 10.2. The first kappa shape index (κ1) is 16.2. The van der Waals surface area contributed by atoms with Gasteiger partial charge in [0.2, 0.25) is 4.77 Å². The molecule has 8 heteroatoms. The number of aryl methyl sites for hydroxylation is 1. The van der Waals surface area contributed by atoms with Crippen molar-refractivity contribution in [1.82, 2.24) is 9.66 Å². The predicted molar refractivity (Wildman–Crippen MR) is 106 cm³/mol. The average Bonchev–Trinajstić information content (AvgIpc) is 3.22. The molecular formula is C17H13N3O2S3. The van der Waals surface area contributed by atoms with Crippen LogP contribution >= 0.6 is 34.9 Å². The summed E-state index contributed by atoms with van der Waals surface area (Å²) in [6.07, 6.45) is 0.840. The Bertz CT molecular complexity index is 1230. The average molecular weight is 388 g/mol. The number of rotatable bonds is 3. The van der Waals surface area contributed by atoms with Crippen LogP contribution in [0.2, 0.25) is 0 Å². The molecule has 3 heterocycles. The third-order valence-corrected chi connectivity index (χ3v) is 6.37. The highest BCUT2D eigenvalue weighted by Gasteiger charge is 2.15. The summed E-state index contributed by atoms with van der Waals surface area (Å²) in [7, 11) is 0. The van der Waals surface area contributed by atoms with E-state index in [0.717, 1.165) is 30.9 Å². The minimum Gasteiger partial charge on any atom is -0.322 e. The number of aromatic nitrogens is 2. The lowest BCUT2D eigenvalue weighted by molar-refractivity contribution is 0.101. The Morgan fingerprint density at radius 1 is 1.32 bits per heavy atom. The van der Waals surface area contributed by atoms with Crippen LogP contribution in [-0.4, -0.2) is 15.6 Å². The summed E-state index contributed by atoms with van der Waals surface area (Å²) in [5.74, 6) is -0.357. The minimum atomic E-state index is -0.357. The molecule has 0 saturated heterocycles. The zero-order chi connectivity index (χ0) is 17.6. The first-order chi connectivity index (χ1) is 12.1. The molecule has 25 heavy (non-hydrogen) atoms. The fourth-order valence-electron chi connectivity index (χ4n) is 2.65. The van der Waals surface area contributed by atoms with Crippen molar-refractivity contribution < 1.29 is 4.79 Å². The van der Waals surface area contributed by atoms with E-state index in [0.29, 0.717) is 10.9 Å². The molecule has 5 nitrogen and oxygen atoms in total. The Balaban J connectivity index is 1.79. The Morgan fingerprint density at radius 2 is 2.12 bits per heavy atom. The summed E-state index contributed by atoms with van der Waals surface area (Å²) < 4.78 is 2.31. The molecule has 0 spiro atoms. The molecule has 0 aliphatic carbocycles. The van der Waals surface area contributed by atoms with Gasteiger partial charge in [-0.1, -0.05) is 25.1 Å². The van der Waals surface area contributed by atoms with Crippen molar-refractivity contribution >= 4 is 61.1 Å². The number of H-pyrrole nitrogens is 1. The van der Waals surface area contributed by atoms with Gasteiger partial charge in [-0.15, -0.1) is 22.7 Å². The number of nitrogens with one attached hydrogen (secondary N) is 2. The van der Waals surface area contributed by atoms with Crippen LogP contribution in [0.3, 0.4) is 0 Å². The zero-order valence-electron chi connectivity index (χ0n) is 13.2. The van der Waals surface area contributed by atoms with Crippen LogP contribution in [-0.2, 0) is 6.42 Å². The van der Waals surface area contributed by atoms with Crippen LogP contribution in [0.15, 0.2) is 40.5 Å². The number of hydrogen-bond donors (Lipinski definition) is 2. The second-order valence-corrected chi connectivity index (χ2v) is 7.90. The van der Waals surface area contributed by atoms with Gasteiger partial charge in [0, 0.05) is 20.3 Å². The van der Waals surface area contributed by atoms with Crippen LogP contribution in [0.1, 0.15) is 22.2 Å². The van der Waals surface area contributed by atoms with E-state index >= 15 is 0 Å². The number of aromatic amines is 1. The minimum absolute atomic E-state index is 0.176. The summed E-state index contributed by atoms with van der Waals surface area (Å²) in [4.78, 5) is 30.2. The van der Waals surface area contributed by atoms with Gasteiger partial charge in [0.15, 0.2) is 0 Å². The van der Waals surface area contributed by atoms with Crippen molar-refractivity contribution in [2.75, 3.05) is 5.43 Å². The Hall–Kier alpha value is -2.29. The first-order valence-electron chi connectivity index (χ1n) is 7.64. The maximum absolute atomic E-state index is 12.7. The van der Waals surface area contributed by atoms with Gasteiger partial charge in [-0.25, -0.2) is 0 Å². The van der Waals surface area contributed by atoms with E-state index in [-0.39, 0.29) is 16.2 Å². The smallest absolute Gasteiger partial charge is 0.282 e. The molecule has 126 valence electrons. The summed E-state index contributed by atoms with van der Waals surface area (Å²) >= 11 is 8.25. The lowest BCUT2D eigenvalue weighted by Crippen LogP contribution is -2.34. The van der Waals surface area contributed by atoms with Gasteiger partial charge < -0.3 is 4.98 Å². The molecule has 0 saturated carbocycles. The molecule has 0 radical (unpaired) electrons. The molecule has 0 bridgehead atoms. The van der Waals surface area contributed by atoms with Gasteiger partial charge in [0.1, 0.15) is 4.83 Å².